The van der Waals surface area contributed by atoms with Crippen molar-refractivity contribution >= 4 is 11.6 Å². The van der Waals surface area contributed by atoms with Crippen LogP contribution in [0.3, 0.4) is 0 Å². The van der Waals surface area contributed by atoms with E-state index < -0.39 is 0 Å². The van der Waals surface area contributed by atoms with Gasteiger partial charge >= 0.3 is 0 Å². The van der Waals surface area contributed by atoms with Gasteiger partial charge in [-0.15, -0.1) is 0 Å². The molecule has 4 heteroatoms. The van der Waals surface area contributed by atoms with Crippen molar-refractivity contribution in [1.82, 2.24) is 4.90 Å². The molecule has 0 saturated heterocycles. The summed E-state index contributed by atoms with van der Waals surface area (Å²) in [6, 6.07) is 6.02. The van der Waals surface area contributed by atoms with Crippen LogP contribution in [0.25, 0.3) is 0 Å². The van der Waals surface area contributed by atoms with Gasteiger partial charge in [-0.05, 0) is 37.8 Å². The number of para-hydroxylation sites is 1. The molecule has 1 atom stereocenters. The van der Waals surface area contributed by atoms with E-state index in [0.717, 1.165) is 12.2 Å². The quantitative estimate of drug-likeness (QED) is 0.907. The summed E-state index contributed by atoms with van der Waals surface area (Å²) in [6.07, 6.45) is 2.48. The number of anilines is 1. The van der Waals surface area contributed by atoms with Crippen LogP contribution in [-0.2, 0) is 0 Å². The molecule has 0 spiro atoms. The number of hydrogen-bond donors (Lipinski definition) is 1. The van der Waals surface area contributed by atoms with Crippen molar-refractivity contribution in [3.8, 4) is 5.75 Å². The zero-order valence-electron chi connectivity index (χ0n) is 11.5. The maximum atomic E-state index is 12.6. The minimum Gasteiger partial charge on any atom is -0.489 e. The number of carbonyl (C=O) groups excluding carboxylic acids is 1. The van der Waals surface area contributed by atoms with E-state index in [2.05, 4.69) is 12.2 Å². The Morgan fingerprint density at radius 3 is 3.00 bits per heavy atom. The number of ether oxygens (including phenoxy) is 1. The molecule has 19 heavy (non-hydrogen) atoms. The van der Waals surface area contributed by atoms with Gasteiger partial charge in [0.15, 0.2) is 5.75 Å². The number of nitrogens with zero attached hydrogens (tertiary/aromatic N) is 1. The Morgan fingerprint density at radius 1 is 1.47 bits per heavy atom. The van der Waals surface area contributed by atoms with Crippen LogP contribution in [0.4, 0.5) is 5.69 Å². The van der Waals surface area contributed by atoms with Crippen molar-refractivity contribution in [2.45, 2.75) is 25.8 Å². The van der Waals surface area contributed by atoms with Gasteiger partial charge in [0.2, 0.25) is 0 Å². The third-order valence-electron chi connectivity index (χ3n) is 4.14. The van der Waals surface area contributed by atoms with E-state index in [9.17, 15) is 4.79 Å². The second kappa shape index (κ2) is 4.76. The van der Waals surface area contributed by atoms with Gasteiger partial charge in [-0.25, -0.2) is 0 Å². The highest BCUT2D eigenvalue weighted by Gasteiger charge is 2.33. The van der Waals surface area contributed by atoms with Gasteiger partial charge in [-0.2, -0.15) is 0 Å². The van der Waals surface area contributed by atoms with E-state index in [-0.39, 0.29) is 5.91 Å². The van der Waals surface area contributed by atoms with E-state index >= 15 is 0 Å². The number of amides is 1. The summed E-state index contributed by atoms with van der Waals surface area (Å²) in [4.78, 5) is 14.5. The van der Waals surface area contributed by atoms with Crippen LogP contribution < -0.4 is 10.1 Å². The molecule has 0 radical (unpaired) electrons. The molecular formula is C15H20N2O2. The van der Waals surface area contributed by atoms with Crippen LogP contribution in [0.5, 0.6) is 5.75 Å². The molecule has 1 amide bonds. The Bertz CT molecular complexity index is 497. The second-order valence-electron chi connectivity index (χ2n) is 5.45. The fourth-order valence-corrected chi connectivity index (χ4v) is 2.61. The van der Waals surface area contributed by atoms with Gasteiger partial charge in [0, 0.05) is 19.6 Å². The maximum Gasteiger partial charge on any atom is 0.257 e. The number of rotatable bonds is 3. The van der Waals surface area contributed by atoms with E-state index in [1.165, 1.54) is 12.8 Å². The molecular weight excluding hydrogens is 240 g/mol. The molecule has 1 saturated carbocycles. The number of carbonyl (C=O) groups is 1. The third-order valence-corrected chi connectivity index (χ3v) is 4.14. The van der Waals surface area contributed by atoms with E-state index in [1.807, 2.05) is 30.1 Å². The predicted octanol–water partition coefficient (Wildman–Crippen LogP) is 2.36. The Hall–Kier alpha value is -1.71. The molecule has 1 N–H and O–H groups in total. The summed E-state index contributed by atoms with van der Waals surface area (Å²) in [5.41, 5.74) is 1.59. The van der Waals surface area contributed by atoms with Crippen LogP contribution in [0, 0.1) is 5.92 Å². The van der Waals surface area contributed by atoms with Crippen LogP contribution in [0.15, 0.2) is 18.2 Å². The minimum absolute atomic E-state index is 0.0555. The average Bonchev–Trinajstić information content (AvgIpc) is 3.29. The van der Waals surface area contributed by atoms with Gasteiger partial charge in [-0.3, -0.25) is 4.79 Å². The van der Waals surface area contributed by atoms with Crippen molar-refractivity contribution in [3.63, 3.8) is 0 Å². The molecule has 1 aliphatic carbocycles. The normalized spacial score (nSPS) is 18.8. The lowest BCUT2D eigenvalue weighted by molar-refractivity contribution is 0.0723. The largest absolute Gasteiger partial charge is 0.489 e. The lowest BCUT2D eigenvalue weighted by atomic mass is 10.1. The number of hydrogen-bond acceptors (Lipinski definition) is 3. The third kappa shape index (κ3) is 2.27. The van der Waals surface area contributed by atoms with Crippen molar-refractivity contribution in [2.24, 2.45) is 5.92 Å². The van der Waals surface area contributed by atoms with Gasteiger partial charge in [0.1, 0.15) is 6.61 Å². The Labute approximate surface area is 113 Å². The first-order valence-corrected chi connectivity index (χ1v) is 6.95. The van der Waals surface area contributed by atoms with Gasteiger partial charge < -0.3 is 15.0 Å². The first-order valence-electron chi connectivity index (χ1n) is 6.95. The lowest BCUT2D eigenvalue weighted by Crippen LogP contribution is -2.37. The molecule has 0 aromatic heterocycles. The van der Waals surface area contributed by atoms with Gasteiger partial charge in [0.25, 0.3) is 5.91 Å². The fourth-order valence-electron chi connectivity index (χ4n) is 2.61. The van der Waals surface area contributed by atoms with Crippen LogP contribution >= 0.6 is 0 Å². The van der Waals surface area contributed by atoms with Crippen molar-refractivity contribution < 1.29 is 9.53 Å². The second-order valence-corrected chi connectivity index (χ2v) is 5.45. The van der Waals surface area contributed by atoms with Crippen LogP contribution in [0.2, 0.25) is 0 Å². The monoisotopic (exact) mass is 260 g/mol. The summed E-state index contributed by atoms with van der Waals surface area (Å²) in [6.45, 7) is 3.53. The Balaban J connectivity index is 1.86. The molecule has 1 unspecified atom stereocenters. The molecule has 1 aromatic rings. The van der Waals surface area contributed by atoms with E-state index in [0.29, 0.717) is 29.9 Å². The highest BCUT2D eigenvalue weighted by molar-refractivity contribution is 5.99. The topological polar surface area (TPSA) is 41.6 Å². The summed E-state index contributed by atoms with van der Waals surface area (Å²) in [5, 5.41) is 3.27. The van der Waals surface area contributed by atoms with Crippen molar-refractivity contribution in [1.29, 1.82) is 0 Å². The number of fused-ring (bicyclic) bond motifs is 1. The summed E-state index contributed by atoms with van der Waals surface area (Å²) in [5.74, 6) is 1.43. The molecule has 1 heterocycles. The van der Waals surface area contributed by atoms with Gasteiger partial charge in [0.05, 0.1) is 11.3 Å². The average molecular weight is 260 g/mol. The van der Waals surface area contributed by atoms with E-state index in [4.69, 9.17) is 4.74 Å². The van der Waals surface area contributed by atoms with Crippen LogP contribution in [-0.4, -0.2) is 37.0 Å². The number of nitrogens with one attached hydrogen (secondary N) is 1. The molecule has 4 nitrogen and oxygen atoms in total. The first-order chi connectivity index (χ1) is 9.18. The van der Waals surface area contributed by atoms with Gasteiger partial charge in [-0.1, -0.05) is 6.07 Å². The molecule has 1 aliphatic heterocycles. The van der Waals surface area contributed by atoms with Crippen molar-refractivity contribution in [2.75, 3.05) is 25.5 Å². The zero-order chi connectivity index (χ0) is 13.4. The zero-order valence-corrected chi connectivity index (χ0v) is 11.5. The number of benzene rings is 1. The molecule has 1 aromatic carbocycles. The SMILES string of the molecule is CC(C1CC1)N(C)C(=O)c1cccc2c1OCCN2. The highest BCUT2D eigenvalue weighted by Crippen LogP contribution is 2.37. The Kier molecular flexibility index (Phi) is 3.09. The Morgan fingerprint density at radius 2 is 2.26 bits per heavy atom. The smallest absolute Gasteiger partial charge is 0.257 e. The predicted molar refractivity (Wildman–Crippen MR) is 74.7 cm³/mol. The summed E-state index contributed by atoms with van der Waals surface area (Å²) in [7, 11) is 1.89. The highest BCUT2D eigenvalue weighted by atomic mass is 16.5. The lowest BCUT2D eigenvalue weighted by Gasteiger charge is -2.27. The summed E-state index contributed by atoms with van der Waals surface area (Å²) < 4.78 is 5.67. The first kappa shape index (κ1) is 12.3. The minimum atomic E-state index is 0.0555. The van der Waals surface area contributed by atoms with Crippen LogP contribution in [0.1, 0.15) is 30.1 Å². The molecule has 3 rings (SSSR count). The molecule has 102 valence electrons. The molecule has 0 bridgehead atoms. The van der Waals surface area contributed by atoms with Crippen molar-refractivity contribution in [3.05, 3.63) is 23.8 Å². The summed E-state index contributed by atoms with van der Waals surface area (Å²) >= 11 is 0. The maximum absolute atomic E-state index is 12.6. The fraction of sp³-hybridized carbons (Fsp3) is 0.533. The van der Waals surface area contributed by atoms with E-state index in [1.54, 1.807) is 0 Å². The standard InChI is InChI=1S/C15H20N2O2/c1-10(11-6-7-11)17(2)15(18)12-4-3-5-13-14(12)19-9-8-16-13/h3-5,10-11,16H,6-9H2,1-2H3. The molecule has 1 fully saturated rings. The molecule has 2 aliphatic rings.